The van der Waals surface area contributed by atoms with E-state index in [2.05, 4.69) is 14.9 Å². The summed E-state index contributed by atoms with van der Waals surface area (Å²) in [7, 11) is 0. The van der Waals surface area contributed by atoms with Crippen LogP contribution in [-0.2, 0) is 4.74 Å². The lowest BCUT2D eigenvalue weighted by molar-refractivity contribution is -0.383. The van der Waals surface area contributed by atoms with Crippen molar-refractivity contribution in [1.29, 1.82) is 0 Å². The Morgan fingerprint density at radius 1 is 0.970 bits per heavy atom. The number of hydrogen-bond donors (Lipinski definition) is 0. The van der Waals surface area contributed by atoms with E-state index in [1.807, 2.05) is 9.80 Å². The molecule has 2 fully saturated rings. The van der Waals surface area contributed by atoms with E-state index in [0.717, 1.165) is 5.69 Å². The van der Waals surface area contributed by atoms with Gasteiger partial charge >= 0.3 is 11.8 Å². The number of nitro groups is 1. The lowest BCUT2D eigenvalue weighted by Gasteiger charge is -2.37. The predicted molar refractivity (Wildman–Crippen MR) is 120 cm³/mol. The van der Waals surface area contributed by atoms with Crippen LogP contribution in [0, 0.1) is 15.9 Å². The van der Waals surface area contributed by atoms with Crippen LogP contribution in [0.25, 0.3) is 0 Å². The van der Waals surface area contributed by atoms with Crippen LogP contribution in [0.4, 0.5) is 32.2 Å². The van der Waals surface area contributed by atoms with E-state index in [-0.39, 0.29) is 29.2 Å². The second-order valence-corrected chi connectivity index (χ2v) is 7.75. The van der Waals surface area contributed by atoms with Crippen LogP contribution in [-0.4, -0.2) is 84.8 Å². The van der Waals surface area contributed by atoms with E-state index in [0.29, 0.717) is 59.0 Å². The number of hydrogen-bond acceptors (Lipinski definition) is 9. The monoisotopic (exact) mass is 459 g/mol. The Bertz CT molecular complexity index is 991. The van der Waals surface area contributed by atoms with Crippen LogP contribution >= 0.6 is 0 Å². The molecular formula is C21H26FN7O4. The highest BCUT2D eigenvalue weighted by Gasteiger charge is 2.33. The van der Waals surface area contributed by atoms with Gasteiger partial charge < -0.3 is 24.3 Å². The summed E-state index contributed by atoms with van der Waals surface area (Å²) in [6.45, 7) is 5.98. The van der Waals surface area contributed by atoms with Gasteiger partial charge in [-0.25, -0.2) is 19.2 Å². The van der Waals surface area contributed by atoms with Crippen LogP contribution in [0.2, 0.25) is 0 Å². The normalized spacial score (nSPS) is 16.7. The second-order valence-electron chi connectivity index (χ2n) is 7.75. The van der Waals surface area contributed by atoms with E-state index >= 15 is 0 Å². The van der Waals surface area contributed by atoms with Crippen molar-refractivity contribution in [2.24, 2.45) is 0 Å². The van der Waals surface area contributed by atoms with E-state index < -0.39 is 4.92 Å². The van der Waals surface area contributed by atoms with Gasteiger partial charge in [0, 0.05) is 58.0 Å². The predicted octanol–water partition coefficient (Wildman–Crippen LogP) is 2.13. The lowest BCUT2D eigenvalue weighted by atomic mass is 10.2. The van der Waals surface area contributed by atoms with Gasteiger partial charge in [-0.1, -0.05) is 0 Å². The average Bonchev–Trinajstić information content (AvgIpc) is 2.84. The average molecular weight is 459 g/mol. The fraction of sp³-hybridized carbons (Fsp3) is 0.476. The van der Waals surface area contributed by atoms with Gasteiger partial charge in [-0.2, -0.15) is 0 Å². The van der Waals surface area contributed by atoms with Gasteiger partial charge in [-0.3, -0.25) is 10.1 Å². The van der Waals surface area contributed by atoms with Crippen LogP contribution in [0.1, 0.15) is 6.92 Å². The molecule has 0 unspecified atom stereocenters. The lowest BCUT2D eigenvalue weighted by Crippen LogP contribution is -2.49. The first-order chi connectivity index (χ1) is 16.0. The van der Waals surface area contributed by atoms with E-state index in [1.54, 1.807) is 24.0 Å². The molecule has 2 saturated heterocycles. The van der Waals surface area contributed by atoms with Crippen molar-refractivity contribution in [3.05, 3.63) is 46.5 Å². The molecule has 2 aromatic rings. The maximum absolute atomic E-state index is 13.2. The molecular weight excluding hydrogens is 433 g/mol. The molecule has 1 aromatic carbocycles. The molecule has 11 nitrogen and oxygen atoms in total. The standard InChI is InChI=1S/C21H26FN7O4/c1-2-33-21(30)28-13-11-27(12-14-28)20-18(29(31)32)19(23-15-24-20)26-9-7-25(8-10-26)17-5-3-16(22)4-6-17/h3-6,15H,2,7-14H2,1H3. The SMILES string of the molecule is CCOC(=O)N1CCN(c2ncnc(N3CCN(c4ccc(F)cc4)CC3)c2[N+](=O)[O-])CC1. The molecule has 12 heteroatoms. The largest absolute Gasteiger partial charge is 0.450 e. The molecule has 3 heterocycles. The Balaban J connectivity index is 1.48. The Labute approximate surface area is 190 Å². The highest BCUT2D eigenvalue weighted by atomic mass is 19.1. The molecule has 176 valence electrons. The third kappa shape index (κ3) is 4.89. The minimum Gasteiger partial charge on any atom is -0.450 e. The van der Waals surface area contributed by atoms with Crippen molar-refractivity contribution in [1.82, 2.24) is 14.9 Å². The van der Waals surface area contributed by atoms with Crippen molar-refractivity contribution in [2.75, 3.05) is 73.7 Å². The summed E-state index contributed by atoms with van der Waals surface area (Å²) >= 11 is 0. The molecule has 0 N–H and O–H groups in total. The van der Waals surface area contributed by atoms with E-state index in [9.17, 15) is 19.3 Å². The Kier molecular flexibility index (Phi) is 6.71. The Morgan fingerprint density at radius 3 is 2.00 bits per heavy atom. The number of amides is 1. The minimum absolute atomic E-state index is 0.127. The van der Waals surface area contributed by atoms with Crippen LogP contribution in [0.15, 0.2) is 30.6 Å². The zero-order valence-corrected chi connectivity index (χ0v) is 18.4. The fourth-order valence-electron chi connectivity index (χ4n) is 4.13. The van der Waals surface area contributed by atoms with Crippen LogP contribution in [0.5, 0.6) is 0 Å². The number of piperazine rings is 2. The summed E-state index contributed by atoms with van der Waals surface area (Å²) in [4.78, 5) is 39.4. The number of halogens is 1. The molecule has 4 rings (SSSR count). The fourth-order valence-corrected chi connectivity index (χ4v) is 4.13. The molecule has 1 aromatic heterocycles. The van der Waals surface area contributed by atoms with Crippen molar-refractivity contribution in [2.45, 2.75) is 6.92 Å². The number of benzene rings is 1. The molecule has 0 bridgehead atoms. The Hall–Kier alpha value is -3.70. The smallest absolute Gasteiger partial charge is 0.409 e. The molecule has 0 spiro atoms. The topological polar surface area (TPSA) is 108 Å². The summed E-state index contributed by atoms with van der Waals surface area (Å²) in [5.74, 6) is 0.260. The van der Waals surface area contributed by atoms with Gasteiger partial charge in [-0.05, 0) is 31.2 Å². The first-order valence-electron chi connectivity index (χ1n) is 10.9. The van der Waals surface area contributed by atoms with Crippen LogP contribution < -0.4 is 14.7 Å². The molecule has 33 heavy (non-hydrogen) atoms. The number of nitrogens with zero attached hydrogens (tertiary/aromatic N) is 7. The molecule has 0 saturated carbocycles. The zero-order chi connectivity index (χ0) is 23.4. The van der Waals surface area contributed by atoms with Gasteiger partial charge in [0.1, 0.15) is 12.1 Å². The molecule has 0 radical (unpaired) electrons. The van der Waals surface area contributed by atoms with Crippen molar-refractivity contribution >= 4 is 29.1 Å². The summed E-state index contributed by atoms with van der Waals surface area (Å²) < 4.78 is 18.2. The van der Waals surface area contributed by atoms with Crippen LogP contribution in [0.3, 0.4) is 0 Å². The summed E-state index contributed by atoms with van der Waals surface area (Å²) in [5, 5.41) is 12.0. The maximum atomic E-state index is 13.2. The second kappa shape index (κ2) is 9.84. The number of anilines is 3. The number of carbonyl (C=O) groups is 1. The maximum Gasteiger partial charge on any atom is 0.409 e. The minimum atomic E-state index is -0.436. The first-order valence-corrected chi connectivity index (χ1v) is 10.9. The Morgan fingerprint density at radius 2 is 1.48 bits per heavy atom. The van der Waals surface area contributed by atoms with Crippen molar-refractivity contribution < 1.29 is 18.8 Å². The van der Waals surface area contributed by atoms with Gasteiger partial charge in [0.25, 0.3) is 0 Å². The summed E-state index contributed by atoms with van der Waals surface area (Å²) in [5.41, 5.74) is 0.783. The highest BCUT2D eigenvalue weighted by molar-refractivity contribution is 5.72. The van der Waals surface area contributed by atoms with Gasteiger partial charge in [0.05, 0.1) is 11.5 Å². The highest BCUT2D eigenvalue weighted by Crippen LogP contribution is 2.35. The molecule has 2 aliphatic rings. The van der Waals surface area contributed by atoms with E-state index in [4.69, 9.17) is 4.74 Å². The first kappa shape index (κ1) is 22.5. The van der Waals surface area contributed by atoms with E-state index in [1.165, 1.54) is 18.5 Å². The van der Waals surface area contributed by atoms with Gasteiger partial charge in [0.2, 0.25) is 11.6 Å². The molecule has 0 aliphatic carbocycles. The third-order valence-corrected chi connectivity index (χ3v) is 5.84. The number of aromatic nitrogens is 2. The number of rotatable bonds is 5. The summed E-state index contributed by atoms with van der Waals surface area (Å²) in [6, 6.07) is 6.30. The molecule has 0 atom stereocenters. The third-order valence-electron chi connectivity index (χ3n) is 5.84. The summed E-state index contributed by atoms with van der Waals surface area (Å²) in [6.07, 6.45) is 0.968. The van der Waals surface area contributed by atoms with Crippen molar-refractivity contribution in [3.63, 3.8) is 0 Å². The quantitative estimate of drug-likeness (QED) is 0.491. The number of ether oxygens (including phenoxy) is 1. The molecule has 1 amide bonds. The number of carbonyl (C=O) groups excluding carboxylic acids is 1. The van der Waals surface area contributed by atoms with Gasteiger partial charge in [0.15, 0.2) is 0 Å². The van der Waals surface area contributed by atoms with Crippen molar-refractivity contribution in [3.8, 4) is 0 Å². The molecule has 2 aliphatic heterocycles. The zero-order valence-electron chi connectivity index (χ0n) is 18.4. The van der Waals surface area contributed by atoms with Gasteiger partial charge in [-0.15, -0.1) is 0 Å².